The molecule has 2 saturated heterocycles. The molecule has 0 saturated carbocycles. The number of amides is 2. The van der Waals surface area contributed by atoms with Crippen molar-refractivity contribution >= 4 is 42.1 Å². The number of nitrogens with zero attached hydrogens (tertiary/aromatic N) is 6. The van der Waals surface area contributed by atoms with Crippen LogP contribution in [0.5, 0.6) is 5.75 Å². The highest BCUT2D eigenvalue weighted by Crippen LogP contribution is 2.60. The molecule has 2 fully saturated rings. The first-order chi connectivity index (χ1) is 26.5. The van der Waals surface area contributed by atoms with Gasteiger partial charge in [-0.3, -0.25) is 24.4 Å². The van der Waals surface area contributed by atoms with E-state index >= 15 is 4.79 Å². The van der Waals surface area contributed by atoms with Crippen molar-refractivity contribution in [2.45, 2.75) is 95.3 Å². The van der Waals surface area contributed by atoms with Gasteiger partial charge in [0, 0.05) is 68.0 Å². The first-order valence-corrected chi connectivity index (χ1v) is 22.4. The number of nitro benzene ring substituents is 1. The number of anilines is 2. The number of rotatable bonds is 12. The van der Waals surface area contributed by atoms with Gasteiger partial charge >= 0.3 is 0 Å². The number of hydrogen-bond donors (Lipinski definition) is 1. The molecule has 1 N–H and O–H groups in total. The molecular weight excluding hydrogens is 717 g/mol. The number of nitro groups is 1. The van der Waals surface area contributed by atoms with Crippen LogP contribution in [0.15, 0.2) is 72.9 Å². The highest BCUT2D eigenvalue weighted by atomic mass is 28.3. The van der Waals surface area contributed by atoms with Crippen molar-refractivity contribution in [1.29, 1.82) is 0 Å². The highest BCUT2D eigenvalue weighted by Gasteiger charge is 2.66. The van der Waals surface area contributed by atoms with Crippen molar-refractivity contribution < 1.29 is 29.1 Å². The number of aliphatic hydroxyl groups excluding tert-OH is 1. The van der Waals surface area contributed by atoms with Crippen molar-refractivity contribution in [1.82, 2.24) is 15.0 Å². The summed E-state index contributed by atoms with van der Waals surface area (Å²) >= 11 is 0. The molecule has 2 amide bonds. The second-order valence-corrected chi connectivity index (χ2v) is 20.3. The van der Waals surface area contributed by atoms with Crippen LogP contribution in [-0.2, 0) is 39.4 Å². The fourth-order valence-corrected chi connectivity index (χ4v) is 13.2. The topological polar surface area (TPSA) is 153 Å². The zero-order valence-electron chi connectivity index (χ0n) is 32.0. The molecule has 14 heteroatoms. The molecule has 3 aliphatic heterocycles. The Bertz CT molecular complexity index is 2040. The van der Waals surface area contributed by atoms with E-state index in [-0.39, 0.29) is 42.1 Å². The number of ether oxygens (including phenoxy) is 2. The van der Waals surface area contributed by atoms with E-state index in [1.165, 1.54) is 17.3 Å². The Morgan fingerprint density at radius 1 is 1.04 bits per heavy atom. The van der Waals surface area contributed by atoms with Crippen molar-refractivity contribution in [2.75, 3.05) is 30.1 Å². The first kappa shape index (κ1) is 38.4. The first-order valence-electron chi connectivity index (χ1n) is 19.3. The lowest BCUT2D eigenvalue weighted by Crippen LogP contribution is -2.51. The van der Waals surface area contributed by atoms with E-state index in [1.807, 2.05) is 47.5 Å². The normalized spacial score (nSPS) is 22.9. The molecule has 0 aliphatic carbocycles. The van der Waals surface area contributed by atoms with E-state index in [0.29, 0.717) is 49.3 Å². The van der Waals surface area contributed by atoms with Gasteiger partial charge < -0.3 is 24.4 Å². The summed E-state index contributed by atoms with van der Waals surface area (Å²) in [4.78, 5) is 43.5. The minimum Gasteiger partial charge on any atom is -0.497 e. The van der Waals surface area contributed by atoms with E-state index in [0.717, 1.165) is 42.7 Å². The fourth-order valence-electron chi connectivity index (χ4n) is 9.17. The molecule has 290 valence electrons. The predicted molar refractivity (Wildman–Crippen MR) is 211 cm³/mol. The van der Waals surface area contributed by atoms with Crippen molar-refractivity contribution in [3.8, 4) is 5.75 Å². The van der Waals surface area contributed by atoms with E-state index in [4.69, 9.17) is 9.47 Å². The van der Waals surface area contributed by atoms with Crippen LogP contribution in [-0.4, -0.2) is 71.3 Å². The van der Waals surface area contributed by atoms with Crippen LogP contribution in [0.1, 0.15) is 62.3 Å². The van der Waals surface area contributed by atoms with Crippen LogP contribution in [0.2, 0.25) is 18.6 Å². The van der Waals surface area contributed by atoms with Crippen LogP contribution < -0.4 is 19.7 Å². The van der Waals surface area contributed by atoms with Gasteiger partial charge in [0.15, 0.2) is 5.60 Å². The monoisotopic (exact) mass is 766 g/mol. The number of hydrogen-bond acceptors (Lipinski definition) is 9. The summed E-state index contributed by atoms with van der Waals surface area (Å²) in [6, 6.07) is 20.6. The Morgan fingerprint density at radius 2 is 1.78 bits per heavy atom. The molecule has 7 rings (SSSR count). The van der Waals surface area contributed by atoms with Crippen LogP contribution in [0, 0.1) is 16.0 Å². The van der Waals surface area contributed by atoms with E-state index in [9.17, 15) is 20.0 Å². The van der Waals surface area contributed by atoms with Gasteiger partial charge in [-0.1, -0.05) is 67.5 Å². The summed E-state index contributed by atoms with van der Waals surface area (Å²) in [5.74, 6) is 0.301. The van der Waals surface area contributed by atoms with Crippen molar-refractivity contribution in [3.05, 3.63) is 99.9 Å². The number of carbonyl (C=O) groups excluding carboxylic acids is 2. The van der Waals surface area contributed by atoms with Gasteiger partial charge in [-0.25, -0.2) is 0 Å². The summed E-state index contributed by atoms with van der Waals surface area (Å²) in [6.07, 6.45) is 6.94. The molecule has 3 aromatic carbocycles. The number of aromatic nitrogens is 3. The summed E-state index contributed by atoms with van der Waals surface area (Å²) < 4.78 is 14.4. The molecule has 4 heterocycles. The van der Waals surface area contributed by atoms with Gasteiger partial charge in [-0.05, 0) is 60.7 Å². The van der Waals surface area contributed by atoms with E-state index < -0.39 is 24.7 Å². The number of methoxy groups -OCH3 is 1. The second kappa shape index (κ2) is 15.7. The number of benzene rings is 3. The summed E-state index contributed by atoms with van der Waals surface area (Å²) in [6.45, 7) is 8.02. The number of aliphatic hydroxyl groups is 1. The average Bonchev–Trinajstić information content (AvgIpc) is 3.82. The van der Waals surface area contributed by atoms with Crippen molar-refractivity contribution in [2.24, 2.45) is 5.92 Å². The summed E-state index contributed by atoms with van der Waals surface area (Å²) in [5, 5.41) is 31.3. The second-order valence-electron chi connectivity index (χ2n) is 15.6. The number of aryl methyl sites for hydroxylation is 1. The third-order valence-corrected chi connectivity index (χ3v) is 16.4. The smallest absolute Gasteiger partial charge is 0.269 e. The number of fused-ring (bicyclic) bond motifs is 2. The average molecular weight is 767 g/mol. The zero-order valence-corrected chi connectivity index (χ0v) is 33.0. The van der Waals surface area contributed by atoms with Crippen LogP contribution in [0.4, 0.5) is 17.1 Å². The van der Waals surface area contributed by atoms with Gasteiger partial charge in [-0.2, -0.15) is 0 Å². The molecule has 1 spiro atoms. The number of non-ortho nitro benzene ring substituents is 1. The predicted octanol–water partition coefficient (Wildman–Crippen LogP) is 5.88. The van der Waals surface area contributed by atoms with Crippen LogP contribution >= 0.6 is 0 Å². The summed E-state index contributed by atoms with van der Waals surface area (Å²) in [5.41, 5.74) is 1.87. The molecule has 1 aromatic heterocycles. The van der Waals surface area contributed by atoms with Gasteiger partial charge in [0.25, 0.3) is 11.6 Å². The van der Waals surface area contributed by atoms with Gasteiger partial charge in [-0.15, -0.1) is 5.10 Å². The third kappa shape index (κ3) is 7.18. The molecule has 13 nitrogen and oxygen atoms in total. The minimum atomic E-state index is -2.46. The summed E-state index contributed by atoms with van der Waals surface area (Å²) in [7, 11) is -0.821. The standard InChI is InChI=1S/C41H50N6O7Si/c1-28-39(55(3,4)34-17-15-33(53-2)16-18-34)37(20-23-44-27-30(21-24-48)42-43-44)54-41(28)35-25-32(47(51)52)14-19-36(35)46(40(41)50)26-29-10-12-31(13-11-29)45-22-8-6-5-7-9-38(45)49/h10-19,25,27-28,37,39,48H,5-9,20-24,26H2,1-4H3/t28-,37+,39-,41+/m1/s1. The van der Waals surface area contributed by atoms with Gasteiger partial charge in [0.2, 0.25) is 5.91 Å². The van der Waals surface area contributed by atoms with Crippen LogP contribution in [0.25, 0.3) is 0 Å². The molecule has 0 bridgehead atoms. The third-order valence-electron chi connectivity index (χ3n) is 12.0. The molecule has 4 aromatic rings. The maximum absolute atomic E-state index is 15.2. The zero-order chi connectivity index (χ0) is 38.9. The maximum Gasteiger partial charge on any atom is 0.269 e. The minimum absolute atomic E-state index is 0.0272. The fraction of sp³-hybridized carbons (Fsp3) is 0.463. The van der Waals surface area contributed by atoms with Gasteiger partial charge in [0.05, 0.1) is 44.1 Å². The Labute approximate surface area is 322 Å². The Balaban J connectivity index is 1.25. The Kier molecular flexibility index (Phi) is 10.9. The maximum atomic E-state index is 15.2. The largest absolute Gasteiger partial charge is 0.497 e. The van der Waals surface area contributed by atoms with E-state index in [2.05, 4.69) is 42.5 Å². The molecular formula is C41H50N6O7Si. The van der Waals surface area contributed by atoms with E-state index in [1.54, 1.807) is 22.8 Å². The number of carbonyl (C=O) groups is 2. The molecule has 0 radical (unpaired) electrons. The molecule has 4 atom stereocenters. The quantitative estimate of drug-likeness (QED) is 0.106. The lowest BCUT2D eigenvalue weighted by Gasteiger charge is -2.37. The lowest BCUT2D eigenvalue weighted by atomic mass is 9.82. The molecule has 55 heavy (non-hydrogen) atoms. The van der Waals surface area contributed by atoms with Crippen molar-refractivity contribution in [3.63, 3.8) is 0 Å². The highest BCUT2D eigenvalue weighted by molar-refractivity contribution is 6.91. The lowest BCUT2D eigenvalue weighted by molar-refractivity contribution is -0.385. The Hall–Kier alpha value is -4.92. The molecule has 0 unspecified atom stereocenters. The SMILES string of the molecule is COc1ccc([Si](C)(C)[C@H]2[C@H](CCn3cc(CCO)nn3)O[C@@]3(C(=O)N(Cc4ccc(N5CCCCCCC5=O)cc4)c4ccc([N+](=O)[O-])cc43)[C@@H]2C)cc1. The van der Waals surface area contributed by atoms with Gasteiger partial charge in [0.1, 0.15) is 5.75 Å². The molecule has 3 aliphatic rings. The Morgan fingerprint density at radius 3 is 2.49 bits per heavy atom. The van der Waals surface area contributed by atoms with Crippen LogP contribution in [0.3, 0.4) is 0 Å².